The number of carbonyl (C=O) groups is 1. The molecule has 1 amide bonds. The minimum absolute atomic E-state index is 0.0833. The molecule has 2 aromatic rings. The lowest BCUT2D eigenvalue weighted by molar-refractivity contribution is -0.129. The van der Waals surface area contributed by atoms with Gasteiger partial charge in [0.15, 0.2) is 0 Å². The number of amides is 1. The number of nitrogens with zero attached hydrogens (tertiary/aromatic N) is 3. The number of nitrogens with one attached hydrogen (secondary N) is 1. The lowest BCUT2D eigenvalue weighted by atomic mass is 10.1. The number of likely N-dealkylation sites (N-methyl/N-ethyl adjacent to an activating group) is 1. The Hall–Kier alpha value is -2.42. The molecule has 1 aliphatic rings. The third-order valence-electron chi connectivity index (χ3n) is 5.54. The van der Waals surface area contributed by atoms with Crippen molar-refractivity contribution in [3.8, 4) is 0 Å². The molecule has 0 saturated heterocycles. The molecule has 0 unspecified atom stereocenters. The third kappa shape index (κ3) is 5.68. The quantitative estimate of drug-likeness (QED) is 0.603. The normalized spacial score (nSPS) is 13.7. The van der Waals surface area contributed by atoms with Crippen LogP contribution < -0.4 is 5.32 Å². The molecule has 0 aliphatic carbocycles. The number of carbonyl (C=O) groups excluding carboxylic acids is 1. The minimum atomic E-state index is -3.77. The highest BCUT2D eigenvalue weighted by atomic mass is 35.5. The molecule has 2 aromatic carbocycles. The summed E-state index contributed by atoms with van der Waals surface area (Å²) in [6.45, 7) is 4.02. The van der Waals surface area contributed by atoms with Gasteiger partial charge in [-0.1, -0.05) is 48.0 Å². The lowest BCUT2D eigenvalue weighted by Gasteiger charge is -2.21. The van der Waals surface area contributed by atoms with Crippen molar-refractivity contribution in [2.45, 2.75) is 24.7 Å². The average molecular weight is 477 g/mol. The van der Waals surface area contributed by atoms with Gasteiger partial charge in [-0.3, -0.25) is 9.79 Å². The van der Waals surface area contributed by atoms with Crippen LogP contribution in [0.1, 0.15) is 23.1 Å². The number of sulfonamides is 1. The number of hydrogen-bond donors (Lipinski definition) is 1. The van der Waals surface area contributed by atoms with Crippen LogP contribution in [0.5, 0.6) is 0 Å². The molecule has 0 bridgehead atoms. The van der Waals surface area contributed by atoms with E-state index in [2.05, 4.69) is 10.3 Å². The van der Waals surface area contributed by atoms with E-state index in [9.17, 15) is 13.2 Å². The molecular weight excluding hydrogens is 448 g/mol. The Morgan fingerprint density at radius 3 is 2.47 bits per heavy atom. The van der Waals surface area contributed by atoms with Crippen molar-refractivity contribution in [2.75, 3.05) is 40.3 Å². The Labute approximate surface area is 195 Å². The summed E-state index contributed by atoms with van der Waals surface area (Å²) in [6.07, 6.45) is 0.815. The summed E-state index contributed by atoms with van der Waals surface area (Å²) in [4.78, 5) is 18.7. The van der Waals surface area contributed by atoms with Crippen molar-refractivity contribution in [2.24, 2.45) is 4.99 Å². The highest BCUT2D eigenvalue weighted by Gasteiger charge is 2.26. The van der Waals surface area contributed by atoms with E-state index in [-0.39, 0.29) is 28.8 Å². The van der Waals surface area contributed by atoms with Crippen molar-refractivity contribution in [3.63, 3.8) is 0 Å². The molecule has 32 heavy (non-hydrogen) atoms. The molecule has 0 atom stereocenters. The molecule has 9 heteroatoms. The van der Waals surface area contributed by atoms with Gasteiger partial charge in [-0.25, -0.2) is 12.7 Å². The molecular formula is C23H29ClN4O3S. The van der Waals surface area contributed by atoms with Crippen LogP contribution in [-0.2, 0) is 21.2 Å². The molecule has 3 rings (SSSR count). The summed E-state index contributed by atoms with van der Waals surface area (Å²) >= 11 is 6.13. The van der Waals surface area contributed by atoms with Crippen LogP contribution in [-0.4, -0.2) is 69.6 Å². The van der Waals surface area contributed by atoms with Gasteiger partial charge in [-0.15, -0.1) is 0 Å². The Morgan fingerprint density at radius 2 is 1.84 bits per heavy atom. The predicted molar refractivity (Wildman–Crippen MR) is 128 cm³/mol. The number of benzene rings is 2. The maximum absolute atomic E-state index is 12.9. The number of halogens is 1. The standard InChI is InChI=1S/C23H29ClN4O3S/c1-17-5-4-6-20(24)22(17)32(30,31)28(3)16-12-21(29)27(2)15-11-18-7-9-19(10-8-18)23-25-13-14-26-23/h4-10H,11-16H2,1-3H3,(H,25,26). The highest BCUT2D eigenvalue weighted by molar-refractivity contribution is 7.89. The Morgan fingerprint density at radius 1 is 1.12 bits per heavy atom. The van der Waals surface area contributed by atoms with E-state index in [0.717, 1.165) is 36.5 Å². The molecule has 0 aromatic heterocycles. The van der Waals surface area contributed by atoms with Crippen LogP contribution in [0.3, 0.4) is 0 Å². The first-order valence-corrected chi connectivity index (χ1v) is 12.3. The van der Waals surface area contributed by atoms with Gasteiger partial charge in [0.2, 0.25) is 15.9 Å². The minimum Gasteiger partial charge on any atom is -0.368 e. The number of aliphatic imine (C=N–C) groups is 1. The van der Waals surface area contributed by atoms with Gasteiger partial charge in [0, 0.05) is 45.7 Å². The molecule has 1 N–H and O–H groups in total. The molecule has 7 nitrogen and oxygen atoms in total. The first-order chi connectivity index (χ1) is 15.2. The zero-order chi connectivity index (χ0) is 23.3. The zero-order valence-corrected chi connectivity index (χ0v) is 20.2. The zero-order valence-electron chi connectivity index (χ0n) is 18.6. The van der Waals surface area contributed by atoms with Gasteiger partial charge in [0.1, 0.15) is 10.7 Å². The van der Waals surface area contributed by atoms with E-state index in [0.29, 0.717) is 12.1 Å². The topological polar surface area (TPSA) is 82.1 Å². The second-order valence-corrected chi connectivity index (χ2v) is 10.3. The average Bonchev–Trinajstić information content (AvgIpc) is 3.30. The lowest BCUT2D eigenvalue weighted by Crippen LogP contribution is -2.34. The number of rotatable bonds is 9. The van der Waals surface area contributed by atoms with Crippen LogP contribution in [0.25, 0.3) is 0 Å². The molecule has 172 valence electrons. The Bertz CT molecular complexity index is 1080. The van der Waals surface area contributed by atoms with E-state index in [1.165, 1.54) is 11.4 Å². The molecule has 0 fully saturated rings. The molecule has 0 saturated carbocycles. The van der Waals surface area contributed by atoms with Crippen LogP contribution in [0.2, 0.25) is 5.02 Å². The number of aryl methyl sites for hydroxylation is 1. The Kier molecular flexibility index (Phi) is 7.92. The van der Waals surface area contributed by atoms with Crippen molar-refractivity contribution in [1.82, 2.24) is 14.5 Å². The first-order valence-electron chi connectivity index (χ1n) is 10.5. The van der Waals surface area contributed by atoms with Gasteiger partial charge in [-0.05, 0) is 30.5 Å². The predicted octanol–water partition coefficient (Wildman–Crippen LogP) is 2.71. The summed E-state index contributed by atoms with van der Waals surface area (Å²) in [6, 6.07) is 13.1. The van der Waals surface area contributed by atoms with Crippen molar-refractivity contribution in [3.05, 3.63) is 64.2 Å². The second-order valence-electron chi connectivity index (χ2n) is 7.88. The molecule has 1 aliphatic heterocycles. The summed E-state index contributed by atoms with van der Waals surface area (Å²) in [7, 11) is -0.567. The van der Waals surface area contributed by atoms with Gasteiger partial charge >= 0.3 is 0 Å². The van der Waals surface area contributed by atoms with E-state index < -0.39 is 10.0 Å². The molecule has 0 radical (unpaired) electrons. The molecule has 1 heterocycles. The van der Waals surface area contributed by atoms with Crippen LogP contribution in [0.15, 0.2) is 52.4 Å². The summed E-state index contributed by atoms with van der Waals surface area (Å²) < 4.78 is 27.0. The summed E-state index contributed by atoms with van der Waals surface area (Å²) in [5.74, 6) is 0.818. The van der Waals surface area contributed by atoms with Gasteiger partial charge in [0.05, 0.1) is 11.6 Å². The number of amidine groups is 1. The van der Waals surface area contributed by atoms with Crippen molar-refractivity contribution < 1.29 is 13.2 Å². The van der Waals surface area contributed by atoms with Gasteiger partial charge in [-0.2, -0.15) is 0 Å². The van der Waals surface area contributed by atoms with Crippen molar-refractivity contribution >= 4 is 33.4 Å². The number of hydrogen-bond acceptors (Lipinski definition) is 5. The van der Waals surface area contributed by atoms with Crippen molar-refractivity contribution in [1.29, 1.82) is 0 Å². The van der Waals surface area contributed by atoms with Crippen LogP contribution in [0, 0.1) is 6.92 Å². The maximum atomic E-state index is 12.9. The smallest absolute Gasteiger partial charge is 0.244 e. The van der Waals surface area contributed by atoms with E-state index >= 15 is 0 Å². The van der Waals surface area contributed by atoms with Gasteiger partial charge < -0.3 is 10.2 Å². The van der Waals surface area contributed by atoms with Crippen LogP contribution >= 0.6 is 11.6 Å². The summed E-state index contributed by atoms with van der Waals surface area (Å²) in [5.41, 5.74) is 2.77. The van der Waals surface area contributed by atoms with E-state index in [1.807, 2.05) is 24.3 Å². The highest BCUT2D eigenvalue weighted by Crippen LogP contribution is 2.27. The first kappa shape index (κ1) is 24.2. The van der Waals surface area contributed by atoms with Gasteiger partial charge in [0.25, 0.3) is 0 Å². The molecule has 0 spiro atoms. The third-order valence-corrected chi connectivity index (χ3v) is 8.02. The Balaban J connectivity index is 1.51. The van der Waals surface area contributed by atoms with Crippen LogP contribution in [0.4, 0.5) is 0 Å². The van der Waals surface area contributed by atoms with E-state index in [1.54, 1.807) is 37.1 Å². The van der Waals surface area contributed by atoms with E-state index in [4.69, 9.17) is 11.6 Å². The fourth-order valence-electron chi connectivity index (χ4n) is 3.51. The summed E-state index contributed by atoms with van der Waals surface area (Å²) in [5, 5.41) is 3.43. The SMILES string of the molecule is Cc1cccc(Cl)c1S(=O)(=O)N(C)CCC(=O)N(C)CCc1ccc(C2=NCCN2)cc1. The maximum Gasteiger partial charge on any atom is 0.244 e. The monoisotopic (exact) mass is 476 g/mol. The fraction of sp³-hybridized carbons (Fsp3) is 0.391. The second kappa shape index (κ2) is 10.5. The largest absolute Gasteiger partial charge is 0.368 e. The fourth-order valence-corrected chi connectivity index (χ4v) is 5.45.